The fourth-order valence-corrected chi connectivity index (χ4v) is 4.17. The molecule has 1 aromatic carbocycles. The highest BCUT2D eigenvalue weighted by atomic mass is 32.2. The average molecular weight is 348 g/mol. The number of ether oxygens (including phenoxy) is 1. The fourth-order valence-electron chi connectivity index (χ4n) is 3.03. The number of benzene rings is 1. The number of nitrogens with zero attached hydrogens (tertiary/aromatic N) is 2. The Labute approximate surface area is 145 Å². The molecule has 0 aliphatic carbocycles. The number of rotatable bonds is 3. The van der Waals surface area contributed by atoms with Gasteiger partial charge >= 0.3 is 5.97 Å². The van der Waals surface area contributed by atoms with Crippen LogP contribution < -0.4 is 0 Å². The van der Waals surface area contributed by atoms with E-state index in [9.17, 15) is 14.4 Å². The van der Waals surface area contributed by atoms with E-state index in [1.54, 1.807) is 40.9 Å². The highest BCUT2D eigenvalue weighted by Gasteiger charge is 2.38. The van der Waals surface area contributed by atoms with Gasteiger partial charge in [-0.25, -0.2) is 4.79 Å². The maximum atomic E-state index is 12.8. The Hall–Kier alpha value is -2.02. The minimum Gasteiger partial charge on any atom is -0.465 e. The van der Waals surface area contributed by atoms with Crippen molar-refractivity contribution in [3.05, 3.63) is 35.4 Å². The summed E-state index contributed by atoms with van der Waals surface area (Å²) in [5, 5.41) is 0. The Balaban J connectivity index is 1.73. The van der Waals surface area contributed by atoms with Gasteiger partial charge in [0, 0.05) is 24.4 Å². The van der Waals surface area contributed by atoms with Crippen LogP contribution in [0, 0.1) is 0 Å². The summed E-state index contributed by atoms with van der Waals surface area (Å²) in [6.45, 7) is 1.58. The van der Waals surface area contributed by atoms with Crippen LogP contribution in [0.2, 0.25) is 0 Å². The van der Waals surface area contributed by atoms with Gasteiger partial charge in [-0.2, -0.15) is 0 Å². The molecule has 2 heterocycles. The van der Waals surface area contributed by atoms with E-state index in [-0.39, 0.29) is 17.9 Å². The summed E-state index contributed by atoms with van der Waals surface area (Å²) in [5.41, 5.74) is 0.874. The minimum absolute atomic E-state index is 0.0528. The van der Waals surface area contributed by atoms with Crippen LogP contribution in [-0.4, -0.2) is 65.5 Å². The molecule has 0 bridgehead atoms. The first kappa shape index (κ1) is 16.8. The molecular weight excluding hydrogens is 328 g/mol. The van der Waals surface area contributed by atoms with Crippen LogP contribution in [0.3, 0.4) is 0 Å². The fraction of sp³-hybridized carbons (Fsp3) is 0.471. The molecule has 2 amide bonds. The van der Waals surface area contributed by atoms with Gasteiger partial charge in [0.2, 0.25) is 5.91 Å². The van der Waals surface area contributed by atoms with Gasteiger partial charge in [0.1, 0.15) is 6.04 Å². The molecule has 2 aliphatic heterocycles. The molecule has 0 saturated carbocycles. The third kappa shape index (κ3) is 3.26. The van der Waals surface area contributed by atoms with E-state index in [2.05, 4.69) is 4.74 Å². The van der Waals surface area contributed by atoms with Crippen molar-refractivity contribution in [3.63, 3.8) is 0 Å². The molecule has 24 heavy (non-hydrogen) atoms. The molecule has 2 aliphatic rings. The topological polar surface area (TPSA) is 66.9 Å². The number of carbonyl (C=O) groups is 3. The van der Waals surface area contributed by atoms with Crippen LogP contribution in [0.5, 0.6) is 0 Å². The zero-order chi connectivity index (χ0) is 17.1. The maximum Gasteiger partial charge on any atom is 0.337 e. The summed E-state index contributed by atoms with van der Waals surface area (Å²) in [4.78, 5) is 40.4. The summed E-state index contributed by atoms with van der Waals surface area (Å²) in [6, 6.07) is 5.96. The normalized spacial score (nSPS) is 20.3. The Kier molecular flexibility index (Phi) is 5.08. The van der Waals surface area contributed by atoms with Crippen molar-refractivity contribution in [2.45, 2.75) is 18.9 Å². The Morgan fingerprint density at radius 3 is 2.33 bits per heavy atom. The largest absolute Gasteiger partial charge is 0.465 e. The molecule has 1 aromatic rings. The van der Waals surface area contributed by atoms with Crippen LogP contribution >= 0.6 is 11.8 Å². The standard InChI is InChI=1S/C17H20N2O4S/c1-23-17(22)13-6-4-12(5-7-13)15(20)19-11-24-10-14(19)16(21)18-8-2-3-9-18/h4-7,14H,2-3,8-11H2,1H3/t14-/m1/s1. The van der Waals surface area contributed by atoms with Gasteiger partial charge in [-0.1, -0.05) is 0 Å². The molecule has 6 nitrogen and oxygen atoms in total. The first-order valence-corrected chi connectivity index (χ1v) is 9.13. The van der Waals surface area contributed by atoms with E-state index in [0.29, 0.717) is 22.8 Å². The van der Waals surface area contributed by atoms with Crippen LogP contribution in [0.4, 0.5) is 0 Å². The van der Waals surface area contributed by atoms with E-state index in [1.807, 2.05) is 4.90 Å². The number of carbonyl (C=O) groups excluding carboxylic acids is 3. The smallest absolute Gasteiger partial charge is 0.337 e. The second-order valence-electron chi connectivity index (χ2n) is 5.89. The van der Waals surface area contributed by atoms with E-state index < -0.39 is 5.97 Å². The van der Waals surface area contributed by atoms with E-state index >= 15 is 0 Å². The number of thioether (sulfide) groups is 1. The van der Waals surface area contributed by atoms with Crippen molar-refractivity contribution in [2.75, 3.05) is 31.8 Å². The molecule has 0 spiro atoms. The predicted octanol–water partition coefficient (Wildman–Crippen LogP) is 1.61. The lowest BCUT2D eigenvalue weighted by Crippen LogP contribution is -2.48. The van der Waals surface area contributed by atoms with E-state index in [0.717, 1.165) is 25.9 Å². The number of esters is 1. The zero-order valence-electron chi connectivity index (χ0n) is 13.6. The maximum absolute atomic E-state index is 12.8. The Morgan fingerprint density at radius 1 is 1.08 bits per heavy atom. The van der Waals surface area contributed by atoms with Crippen molar-refractivity contribution < 1.29 is 19.1 Å². The van der Waals surface area contributed by atoms with Crippen LogP contribution in [0.25, 0.3) is 0 Å². The quantitative estimate of drug-likeness (QED) is 0.777. The van der Waals surface area contributed by atoms with Gasteiger partial charge in [-0.15, -0.1) is 11.8 Å². The molecule has 0 aromatic heterocycles. The summed E-state index contributed by atoms with van der Waals surface area (Å²) in [7, 11) is 1.32. The van der Waals surface area contributed by atoms with Crippen LogP contribution in [0.15, 0.2) is 24.3 Å². The second-order valence-corrected chi connectivity index (χ2v) is 6.89. The third-order valence-electron chi connectivity index (χ3n) is 4.40. The monoisotopic (exact) mass is 348 g/mol. The summed E-state index contributed by atoms with van der Waals surface area (Å²) in [5.74, 6) is 0.599. The van der Waals surface area contributed by atoms with Gasteiger partial charge < -0.3 is 14.5 Å². The van der Waals surface area contributed by atoms with Crippen molar-refractivity contribution in [3.8, 4) is 0 Å². The lowest BCUT2D eigenvalue weighted by molar-refractivity contribution is -0.133. The molecule has 1 atom stereocenters. The van der Waals surface area contributed by atoms with Crippen molar-refractivity contribution >= 4 is 29.5 Å². The van der Waals surface area contributed by atoms with Crippen LogP contribution in [0.1, 0.15) is 33.6 Å². The Morgan fingerprint density at radius 2 is 1.71 bits per heavy atom. The molecular formula is C17H20N2O4S. The van der Waals surface area contributed by atoms with Crippen molar-refractivity contribution in [2.24, 2.45) is 0 Å². The van der Waals surface area contributed by atoms with Crippen molar-refractivity contribution in [1.29, 1.82) is 0 Å². The van der Waals surface area contributed by atoms with E-state index in [1.165, 1.54) is 7.11 Å². The number of methoxy groups -OCH3 is 1. The molecule has 2 saturated heterocycles. The summed E-state index contributed by atoms with van der Waals surface area (Å²) >= 11 is 1.60. The Bertz CT molecular complexity index is 640. The molecule has 0 radical (unpaired) electrons. The van der Waals surface area contributed by atoms with Crippen LogP contribution in [-0.2, 0) is 9.53 Å². The molecule has 128 valence electrons. The summed E-state index contributed by atoms with van der Waals surface area (Å²) < 4.78 is 4.65. The highest BCUT2D eigenvalue weighted by Crippen LogP contribution is 2.26. The lowest BCUT2D eigenvalue weighted by Gasteiger charge is -2.27. The van der Waals surface area contributed by atoms with Gasteiger partial charge in [0.25, 0.3) is 5.91 Å². The van der Waals surface area contributed by atoms with Gasteiger partial charge in [-0.3, -0.25) is 9.59 Å². The second kappa shape index (κ2) is 7.25. The number of amides is 2. The van der Waals surface area contributed by atoms with Gasteiger partial charge in [-0.05, 0) is 37.1 Å². The SMILES string of the molecule is COC(=O)c1ccc(C(=O)N2CSC[C@@H]2C(=O)N2CCCC2)cc1. The van der Waals surface area contributed by atoms with Crippen molar-refractivity contribution in [1.82, 2.24) is 9.80 Å². The number of likely N-dealkylation sites (tertiary alicyclic amines) is 1. The lowest BCUT2D eigenvalue weighted by atomic mass is 10.1. The third-order valence-corrected chi connectivity index (χ3v) is 5.41. The molecule has 0 N–H and O–H groups in total. The number of hydrogen-bond acceptors (Lipinski definition) is 5. The summed E-state index contributed by atoms with van der Waals surface area (Å²) in [6.07, 6.45) is 2.07. The highest BCUT2D eigenvalue weighted by molar-refractivity contribution is 7.99. The first-order chi connectivity index (χ1) is 11.6. The average Bonchev–Trinajstić information content (AvgIpc) is 3.31. The molecule has 3 rings (SSSR count). The minimum atomic E-state index is -0.437. The molecule has 2 fully saturated rings. The first-order valence-electron chi connectivity index (χ1n) is 7.97. The van der Waals surface area contributed by atoms with Gasteiger partial charge in [0.15, 0.2) is 0 Å². The number of hydrogen-bond donors (Lipinski definition) is 0. The molecule has 7 heteroatoms. The predicted molar refractivity (Wildman–Crippen MR) is 90.9 cm³/mol. The zero-order valence-corrected chi connectivity index (χ0v) is 14.4. The van der Waals surface area contributed by atoms with E-state index in [4.69, 9.17) is 0 Å². The van der Waals surface area contributed by atoms with Gasteiger partial charge in [0.05, 0.1) is 18.6 Å². The molecule has 0 unspecified atom stereocenters.